The standard InChI is InChI=1S/C23H22N4O2S/c1-16-4-9-21(29-3)18(14-16)15-30-23-26-25-22(17-10-12-24-13-11-17)27(23)19-5-7-20(28-2)8-6-19/h4-14H,15H2,1-3H3. The monoisotopic (exact) mass is 418 g/mol. The van der Waals surface area contributed by atoms with Gasteiger partial charge in [-0.1, -0.05) is 29.5 Å². The van der Waals surface area contributed by atoms with Crippen molar-refractivity contribution in [1.82, 2.24) is 19.7 Å². The van der Waals surface area contributed by atoms with Crippen LogP contribution >= 0.6 is 11.8 Å². The van der Waals surface area contributed by atoms with Crippen molar-refractivity contribution < 1.29 is 9.47 Å². The summed E-state index contributed by atoms with van der Waals surface area (Å²) in [6, 6.07) is 17.9. The molecule has 0 saturated carbocycles. The van der Waals surface area contributed by atoms with E-state index in [9.17, 15) is 0 Å². The average molecular weight is 419 g/mol. The third kappa shape index (κ3) is 4.16. The summed E-state index contributed by atoms with van der Waals surface area (Å²) in [5.41, 5.74) is 4.23. The van der Waals surface area contributed by atoms with Crippen molar-refractivity contribution in [3.63, 3.8) is 0 Å². The van der Waals surface area contributed by atoms with E-state index in [2.05, 4.69) is 38.8 Å². The van der Waals surface area contributed by atoms with Gasteiger partial charge in [-0.15, -0.1) is 10.2 Å². The molecule has 152 valence electrons. The van der Waals surface area contributed by atoms with Gasteiger partial charge >= 0.3 is 0 Å². The van der Waals surface area contributed by atoms with Gasteiger partial charge in [-0.05, 0) is 49.4 Å². The van der Waals surface area contributed by atoms with E-state index in [0.717, 1.165) is 45.0 Å². The molecule has 4 rings (SSSR count). The first-order valence-corrected chi connectivity index (χ1v) is 10.4. The first-order valence-electron chi connectivity index (χ1n) is 9.46. The summed E-state index contributed by atoms with van der Waals surface area (Å²) < 4.78 is 12.9. The predicted octanol–water partition coefficient (Wildman–Crippen LogP) is 4.95. The van der Waals surface area contributed by atoms with Crippen molar-refractivity contribution in [3.8, 4) is 28.6 Å². The summed E-state index contributed by atoms with van der Waals surface area (Å²) in [6.45, 7) is 2.08. The molecule has 2 aromatic carbocycles. The minimum absolute atomic E-state index is 0.718. The number of ether oxygens (including phenoxy) is 2. The number of aryl methyl sites for hydroxylation is 1. The van der Waals surface area contributed by atoms with Crippen LogP contribution in [0.1, 0.15) is 11.1 Å². The van der Waals surface area contributed by atoms with Gasteiger partial charge in [0.1, 0.15) is 11.5 Å². The van der Waals surface area contributed by atoms with Crippen LogP contribution in [0.2, 0.25) is 0 Å². The number of benzene rings is 2. The minimum Gasteiger partial charge on any atom is -0.497 e. The number of aromatic nitrogens is 4. The fourth-order valence-electron chi connectivity index (χ4n) is 3.18. The first kappa shape index (κ1) is 20.0. The Hall–Kier alpha value is -3.32. The molecule has 2 aromatic heterocycles. The van der Waals surface area contributed by atoms with Crippen LogP contribution in [-0.2, 0) is 5.75 Å². The van der Waals surface area contributed by atoms with Gasteiger partial charge in [0.25, 0.3) is 0 Å². The van der Waals surface area contributed by atoms with E-state index in [4.69, 9.17) is 9.47 Å². The zero-order valence-electron chi connectivity index (χ0n) is 17.1. The molecule has 0 N–H and O–H groups in total. The predicted molar refractivity (Wildman–Crippen MR) is 118 cm³/mol. The van der Waals surface area contributed by atoms with Crippen molar-refractivity contribution in [2.24, 2.45) is 0 Å². The van der Waals surface area contributed by atoms with E-state index in [-0.39, 0.29) is 0 Å². The minimum atomic E-state index is 0.718. The highest BCUT2D eigenvalue weighted by atomic mass is 32.2. The molecule has 6 nitrogen and oxygen atoms in total. The van der Waals surface area contributed by atoms with Gasteiger partial charge < -0.3 is 9.47 Å². The molecule has 0 radical (unpaired) electrons. The Morgan fingerprint density at radius 1 is 0.900 bits per heavy atom. The van der Waals surface area contributed by atoms with E-state index in [1.54, 1.807) is 38.4 Å². The first-order chi connectivity index (χ1) is 14.7. The van der Waals surface area contributed by atoms with Gasteiger partial charge in [0, 0.05) is 35.0 Å². The molecule has 7 heteroatoms. The molecule has 0 bridgehead atoms. The van der Waals surface area contributed by atoms with E-state index >= 15 is 0 Å². The molecule has 4 aromatic rings. The van der Waals surface area contributed by atoms with Gasteiger partial charge in [0.05, 0.1) is 14.2 Å². The van der Waals surface area contributed by atoms with Crippen molar-refractivity contribution in [3.05, 3.63) is 78.1 Å². The molecule has 0 aliphatic carbocycles. The summed E-state index contributed by atoms with van der Waals surface area (Å²) >= 11 is 1.62. The van der Waals surface area contributed by atoms with Gasteiger partial charge in [0.2, 0.25) is 0 Å². The second kappa shape index (κ2) is 9.00. The normalized spacial score (nSPS) is 10.8. The maximum Gasteiger partial charge on any atom is 0.196 e. The Labute approximate surface area is 179 Å². The van der Waals surface area contributed by atoms with E-state index < -0.39 is 0 Å². The number of hydrogen-bond donors (Lipinski definition) is 0. The molecule has 0 amide bonds. The van der Waals surface area contributed by atoms with Crippen LogP contribution in [0, 0.1) is 6.92 Å². The smallest absolute Gasteiger partial charge is 0.196 e. The highest BCUT2D eigenvalue weighted by Crippen LogP contribution is 2.32. The largest absolute Gasteiger partial charge is 0.497 e. The summed E-state index contributed by atoms with van der Waals surface area (Å²) in [5, 5.41) is 9.77. The Morgan fingerprint density at radius 3 is 2.37 bits per heavy atom. The van der Waals surface area contributed by atoms with Crippen LogP contribution < -0.4 is 9.47 Å². The zero-order valence-corrected chi connectivity index (χ0v) is 17.9. The molecule has 0 atom stereocenters. The fourth-order valence-corrected chi connectivity index (χ4v) is 4.11. The Balaban J connectivity index is 1.73. The van der Waals surface area contributed by atoms with Crippen LogP contribution in [0.25, 0.3) is 17.1 Å². The molecular weight excluding hydrogens is 396 g/mol. The molecule has 0 unspecified atom stereocenters. The number of thioether (sulfide) groups is 1. The lowest BCUT2D eigenvalue weighted by Gasteiger charge is -2.12. The van der Waals surface area contributed by atoms with Crippen molar-refractivity contribution in [2.75, 3.05) is 14.2 Å². The van der Waals surface area contributed by atoms with Crippen LogP contribution in [0.5, 0.6) is 11.5 Å². The molecule has 0 saturated heterocycles. The molecule has 0 aliphatic rings. The van der Waals surface area contributed by atoms with Gasteiger partial charge in [-0.25, -0.2) is 0 Å². The topological polar surface area (TPSA) is 62.1 Å². The molecule has 2 heterocycles. The number of methoxy groups -OCH3 is 2. The maximum atomic E-state index is 5.53. The lowest BCUT2D eigenvalue weighted by Crippen LogP contribution is -2.00. The van der Waals surface area contributed by atoms with E-state index in [1.807, 2.05) is 42.5 Å². The van der Waals surface area contributed by atoms with Crippen molar-refractivity contribution in [2.45, 2.75) is 17.8 Å². The number of pyridine rings is 1. The van der Waals surface area contributed by atoms with Crippen LogP contribution in [-0.4, -0.2) is 34.0 Å². The van der Waals surface area contributed by atoms with Gasteiger partial charge in [-0.2, -0.15) is 0 Å². The van der Waals surface area contributed by atoms with Crippen molar-refractivity contribution in [1.29, 1.82) is 0 Å². The number of rotatable bonds is 7. The summed E-state index contributed by atoms with van der Waals surface area (Å²) in [5.74, 6) is 3.16. The summed E-state index contributed by atoms with van der Waals surface area (Å²) in [6.07, 6.45) is 3.51. The highest BCUT2D eigenvalue weighted by molar-refractivity contribution is 7.98. The SMILES string of the molecule is COc1ccc(-n2c(SCc3cc(C)ccc3OC)nnc2-c2ccncc2)cc1. The van der Waals surface area contributed by atoms with Crippen LogP contribution in [0.15, 0.2) is 72.1 Å². The summed E-state index contributed by atoms with van der Waals surface area (Å²) in [7, 11) is 3.35. The third-order valence-corrected chi connectivity index (χ3v) is 5.67. The average Bonchev–Trinajstić information content (AvgIpc) is 3.22. The Morgan fingerprint density at radius 2 is 1.67 bits per heavy atom. The second-order valence-corrected chi connectivity index (χ2v) is 7.62. The van der Waals surface area contributed by atoms with Crippen molar-refractivity contribution >= 4 is 11.8 Å². The second-order valence-electron chi connectivity index (χ2n) is 6.68. The van der Waals surface area contributed by atoms with Crippen LogP contribution in [0.3, 0.4) is 0 Å². The van der Waals surface area contributed by atoms with E-state index in [0.29, 0.717) is 0 Å². The lowest BCUT2D eigenvalue weighted by atomic mass is 10.1. The quantitative estimate of drug-likeness (QED) is 0.396. The molecule has 0 fully saturated rings. The lowest BCUT2D eigenvalue weighted by molar-refractivity contribution is 0.411. The number of hydrogen-bond acceptors (Lipinski definition) is 6. The Bertz CT molecular complexity index is 1130. The maximum absolute atomic E-state index is 5.53. The zero-order chi connectivity index (χ0) is 20.9. The fraction of sp³-hybridized carbons (Fsp3) is 0.174. The van der Waals surface area contributed by atoms with E-state index in [1.165, 1.54) is 5.56 Å². The number of nitrogens with zero attached hydrogens (tertiary/aromatic N) is 4. The molecule has 0 spiro atoms. The van der Waals surface area contributed by atoms with Gasteiger partial charge in [-0.3, -0.25) is 9.55 Å². The van der Waals surface area contributed by atoms with Crippen LogP contribution in [0.4, 0.5) is 0 Å². The Kier molecular flexibility index (Phi) is 5.99. The highest BCUT2D eigenvalue weighted by Gasteiger charge is 2.17. The molecule has 30 heavy (non-hydrogen) atoms. The van der Waals surface area contributed by atoms with Gasteiger partial charge in [0.15, 0.2) is 11.0 Å². The molecular formula is C23H22N4O2S. The molecule has 0 aliphatic heterocycles. The third-order valence-electron chi connectivity index (χ3n) is 4.70. The summed E-state index contributed by atoms with van der Waals surface area (Å²) in [4.78, 5) is 4.11.